The predicted molar refractivity (Wildman–Crippen MR) is 103 cm³/mol. The number of carbonyl (C=O) groups is 1. The second kappa shape index (κ2) is 6.06. The van der Waals surface area contributed by atoms with Crippen molar-refractivity contribution >= 4 is 17.4 Å². The third-order valence-corrected chi connectivity index (χ3v) is 4.96. The van der Waals surface area contributed by atoms with E-state index in [0.717, 1.165) is 6.54 Å². The van der Waals surface area contributed by atoms with Gasteiger partial charge in [0.2, 0.25) is 0 Å². The molecule has 1 amide bonds. The van der Waals surface area contributed by atoms with Crippen molar-refractivity contribution in [3.05, 3.63) is 53.3 Å². The summed E-state index contributed by atoms with van der Waals surface area (Å²) >= 11 is 0. The molecule has 0 fully saturated rings. The Bertz CT molecular complexity index is 802. The van der Waals surface area contributed by atoms with Crippen LogP contribution in [0.2, 0.25) is 0 Å². The highest BCUT2D eigenvalue weighted by Crippen LogP contribution is 2.47. The molecular weight excluding hydrogens is 312 g/mol. The SMILES string of the molecule is CCN1/C(=C\C=C2/C(=O)N(C)N=C2N(C)C)C(C)(C)c2ccccc21. The maximum atomic E-state index is 12.4. The summed E-state index contributed by atoms with van der Waals surface area (Å²) in [4.78, 5) is 16.6. The number of allylic oxidation sites excluding steroid dienone is 3. The number of carbonyl (C=O) groups excluding carboxylic acids is 1. The van der Waals surface area contributed by atoms with Crippen molar-refractivity contribution in [2.24, 2.45) is 5.10 Å². The van der Waals surface area contributed by atoms with Crippen LogP contribution in [0, 0.1) is 0 Å². The highest BCUT2D eigenvalue weighted by molar-refractivity contribution is 6.23. The molecule has 5 heteroatoms. The number of hydrogen-bond acceptors (Lipinski definition) is 4. The van der Waals surface area contributed by atoms with Gasteiger partial charge in [-0.1, -0.05) is 32.0 Å². The van der Waals surface area contributed by atoms with Crippen LogP contribution in [0.3, 0.4) is 0 Å². The molecule has 2 aliphatic rings. The molecule has 0 atom stereocenters. The Morgan fingerprint density at radius 2 is 1.88 bits per heavy atom. The van der Waals surface area contributed by atoms with E-state index in [2.05, 4.69) is 61.1 Å². The molecule has 2 heterocycles. The number of benzene rings is 1. The first-order chi connectivity index (χ1) is 11.8. The number of nitrogens with zero attached hydrogens (tertiary/aromatic N) is 4. The van der Waals surface area contributed by atoms with E-state index >= 15 is 0 Å². The van der Waals surface area contributed by atoms with E-state index in [1.165, 1.54) is 22.0 Å². The van der Waals surface area contributed by atoms with Gasteiger partial charge in [0.05, 0.1) is 5.57 Å². The lowest BCUT2D eigenvalue weighted by atomic mass is 9.83. The highest BCUT2D eigenvalue weighted by Gasteiger charge is 2.39. The van der Waals surface area contributed by atoms with Crippen molar-refractivity contribution in [1.82, 2.24) is 9.91 Å². The molecule has 0 spiro atoms. The van der Waals surface area contributed by atoms with Crippen molar-refractivity contribution in [2.75, 3.05) is 32.6 Å². The Kier molecular flexibility index (Phi) is 4.19. The standard InChI is InChI=1S/C20H26N4O/c1-7-24-16-11-9-8-10-15(16)20(2,3)17(24)13-12-14-18(22(4)5)21-23(6)19(14)25/h8-13H,7H2,1-6H3/b14-12-,17-13-. The molecule has 0 aromatic heterocycles. The van der Waals surface area contributed by atoms with Crippen LogP contribution in [0.25, 0.3) is 0 Å². The molecular formula is C20H26N4O. The molecule has 25 heavy (non-hydrogen) atoms. The van der Waals surface area contributed by atoms with E-state index < -0.39 is 0 Å². The van der Waals surface area contributed by atoms with Gasteiger partial charge in [-0.25, -0.2) is 5.01 Å². The highest BCUT2D eigenvalue weighted by atomic mass is 16.2. The van der Waals surface area contributed by atoms with Gasteiger partial charge in [0.1, 0.15) is 0 Å². The fourth-order valence-corrected chi connectivity index (χ4v) is 3.63. The van der Waals surface area contributed by atoms with E-state index in [0.29, 0.717) is 11.4 Å². The lowest BCUT2D eigenvalue weighted by Crippen LogP contribution is -2.26. The molecule has 2 aliphatic heterocycles. The molecule has 3 rings (SSSR count). The number of rotatable bonds is 2. The topological polar surface area (TPSA) is 39.2 Å². The second-order valence-corrected chi connectivity index (χ2v) is 7.17. The smallest absolute Gasteiger partial charge is 0.277 e. The maximum absolute atomic E-state index is 12.4. The molecule has 0 saturated heterocycles. The fourth-order valence-electron chi connectivity index (χ4n) is 3.63. The number of amidine groups is 1. The molecule has 5 nitrogen and oxygen atoms in total. The number of hydrazone groups is 1. The molecule has 132 valence electrons. The molecule has 1 aromatic rings. The van der Waals surface area contributed by atoms with Gasteiger partial charge < -0.3 is 9.80 Å². The first-order valence-corrected chi connectivity index (χ1v) is 8.63. The van der Waals surface area contributed by atoms with Gasteiger partial charge in [-0.05, 0) is 30.7 Å². The third-order valence-electron chi connectivity index (χ3n) is 4.96. The lowest BCUT2D eigenvalue weighted by Gasteiger charge is -2.26. The average molecular weight is 338 g/mol. The number of likely N-dealkylation sites (N-methyl/N-ethyl adjacent to an activating group) is 3. The summed E-state index contributed by atoms with van der Waals surface area (Å²) in [7, 11) is 5.49. The lowest BCUT2D eigenvalue weighted by molar-refractivity contribution is -0.124. The summed E-state index contributed by atoms with van der Waals surface area (Å²) in [6.45, 7) is 7.50. The second-order valence-electron chi connectivity index (χ2n) is 7.17. The van der Waals surface area contributed by atoms with Crippen LogP contribution >= 0.6 is 0 Å². The Morgan fingerprint density at radius 1 is 1.20 bits per heavy atom. The monoisotopic (exact) mass is 338 g/mol. The third kappa shape index (κ3) is 2.64. The van der Waals surface area contributed by atoms with Crippen LogP contribution in [0.1, 0.15) is 26.3 Å². The zero-order chi connectivity index (χ0) is 18.4. The molecule has 0 saturated carbocycles. The normalized spacial score (nSPS) is 22.0. The van der Waals surface area contributed by atoms with Crippen molar-refractivity contribution in [3.8, 4) is 0 Å². The Labute approximate surface area is 149 Å². The number of hydrogen-bond donors (Lipinski definition) is 0. The number of fused-ring (bicyclic) bond motifs is 1. The van der Waals surface area contributed by atoms with Crippen LogP contribution in [0.5, 0.6) is 0 Å². The molecule has 1 aromatic carbocycles. The van der Waals surface area contributed by atoms with Gasteiger partial charge in [0, 0.05) is 44.5 Å². The summed E-state index contributed by atoms with van der Waals surface area (Å²) in [6.07, 6.45) is 3.99. The van der Waals surface area contributed by atoms with Gasteiger partial charge >= 0.3 is 0 Å². The average Bonchev–Trinajstić information content (AvgIpc) is 2.98. The number of anilines is 1. The molecule has 0 bridgehead atoms. The van der Waals surface area contributed by atoms with Crippen LogP contribution in [0.15, 0.2) is 52.8 Å². The number of amides is 1. The van der Waals surface area contributed by atoms with E-state index in [-0.39, 0.29) is 11.3 Å². The Morgan fingerprint density at radius 3 is 2.52 bits per heavy atom. The van der Waals surface area contributed by atoms with Crippen molar-refractivity contribution in [2.45, 2.75) is 26.2 Å². The zero-order valence-electron chi connectivity index (χ0n) is 15.9. The van der Waals surface area contributed by atoms with Gasteiger partial charge in [-0.2, -0.15) is 5.10 Å². The summed E-state index contributed by atoms with van der Waals surface area (Å²) < 4.78 is 0. The summed E-state index contributed by atoms with van der Waals surface area (Å²) in [6, 6.07) is 8.51. The predicted octanol–water partition coefficient (Wildman–Crippen LogP) is 2.96. The molecule has 0 aliphatic carbocycles. The first kappa shape index (κ1) is 17.3. The summed E-state index contributed by atoms with van der Waals surface area (Å²) in [5.74, 6) is 0.623. The first-order valence-electron chi connectivity index (χ1n) is 8.63. The van der Waals surface area contributed by atoms with Gasteiger partial charge in [-0.15, -0.1) is 0 Å². The van der Waals surface area contributed by atoms with Crippen LogP contribution in [-0.2, 0) is 10.2 Å². The van der Waals surface area contributed by atoms with E-state index in [1.54, 1.807) is 7.05 Å². The minimum absolute atomic E-state index is 0.0723. The Hall–Kier alpha value is -2.56. The fraction of sp³-hybridized carbons (Fsp3) is 0.400. The van der Waals surface area contributed by atoms with Crippen LogP contribution in [-0.4, -0.2) is 49.3 Å². The van der Waals surface area contributed by atoms with E-state index in [9.17, 15) is 4.79 Å². The molecule has 0 N–H and O–H groups in total. The van der Waals surface area contributed by atoms with Gasteiger partial charge in [0.25, 0.3) is 5.91 Å². The summed E-state index contributed by atoms with van der Waals surface area (Å²) in [5.41, 5.74) is 4.29. The Balaban J connectivity index is 2.07. The summed E-state index contributed by atoms with van der Waals surface area (Å²) in [5, 5.41) is 5.72. The van der Waals surface area contributed by atoms with Crippen molar-refractivity contribution < 1.29 is 4.79 Å². The minimum Gasteiger partial charge on any atom is -0.361 e. The quantitative estimate of drug-likeness (QED) is 0.778. The van der Waals surface area contributed by atoms with Crippen molar-refractivity contribution in [1.29, 1.82) is 0 Å². The zero-order valence-corrected chi connectivity index (χ0v) is 15.9. The largest absolute Gasteiger partial charge is 0.361 e. The molecule has 0 radical (unpaired) electrons. The van der Waals surface area contributed by atoms with Crippen molar-refractivity contribution in [3.63, 3.8) is 0 Å². The van der Waals surface area contributed by atoms with Gasteiger partial charge in [0.15, 0.2) is 5.84 Å². The minimum atomic E-state index is -0.105. The molecule has 0 unspecified atom stereocenters. The number of para-hydroxylation sites is 1. The van der Waals surface area contributed by atoms with Crippen LogP contribution in [0.4, 0.5) is 5.69 Å². The van der Waals surface area contributed by atoms with Crippen LogP contribution < -0.4 is 4.90 Å². The van der Waals surface area contributed by atoms with Gasteiger partial charge in [-0.3, -0.25) is 4.79 Å². The maximum Gasteiger partial charge on any atom is 0.277 e. The van der Waals surface area contributed by atoms with E-state index in [1.807, 2.05) is 25.1 Å². The van der Waals surface area contributed by atoms with E-state index in [4.69, 9.17) is 0 Å².